The maximum atomic E-state index is 12.1. The fourth-order valence-corrected chi connectivity index (χ4v) is 3.20. The zero-order valence-electron chi connectivity index (χ0n) is 11.5. The Morgan fingerprint density at radius 3 is 2.85 bits per heavy atom. The number of likely N-dealkylation sites (tertiary alicyclic amines) is 1. The van der Waals surface area contributed by atoms with Gasteiger partial charge in [0.15, 0.2) is 0 Å². The van der Waals surface area contributed by atoms with Crippen LogP contribution in [-0.2, 0) is 16.1 Å². The first-order chi connectivity index (χ1) is 9.74. The Bertz CT molecular complexity index is 500. The van der Waals surface area contributed by atoms with E-state index < -0.39 is 0 Å². The number of carbonyl (C=O) groups is 2. The minimum absolute atomic E-state index is 0.0491. The van der Waals surface area contributed by atoms with E-state index in [0.717, 1.165) is 18.4 Å². The molecule has 1 aliphatic carbocycles. The van der Waals surface area contributed by atoms with Gasteiger partial charge in [0, 0.05) is 25.4 Å². The monoisotopic (exact) mass is 273 g/mol. The summed E-state index contributed by atoms with van der Waals surface area (Å²) in [4.78, 5) is 25.5. The molecule has 2 fully saturated rings. The van der Waals surface area contributed by atoms with Crippen LogP contribution in [0.5, 0.6) is 0 Å². The van der Waals surface area contributed by atoms with Crippen LogP contribution in [0.2, 0.25) is 0 Å². The molecule has 1 aliphatic heterocycles. The average molecular weight is 273 g/mol. The lowest BCUT2D eigenvalue weighted by Crippen LogP contribution is -2.44. The van der Waals surface area contributed by atoms with Crippen molar-refractivity contribution in [3.8, 4) is 0 Å². The predicted octanol–water partition coefficient (Wildman–Crippen LogP) is 2.62. The van der Waals surface area contributed by atoms with Crippen molar-refractivity contribution in [2.24, 2.45) is 11.8 Å². The summed E-state index contributed by atoms with van der Waals surface area (Å²) >= 11 is 0. The Hall–Kier alpha value is -1.84. The van der Waals surface area contributed by atoms with Gasteiger partial charge in [0.05, 0.1) is 0 Å². The van der Waals surface area contributed by atoms with Gasteiger partial charge >= 0.3 is 6.09 Å². The maximum Gasteiger partial charge on any atom is 0.410 e. The Kier molecular flexibility index (Phi) is 3.72. The highest BCUT2D eigenvalue weighted by atomic mass is 16.6. The number of benzene rings is 1. The third kappa shape index (κ3) is 2.69. The Morgan fingerprint density at radius 1 is 1.25 bits per heavy atom. The molecule has 0 unspecified atom stereocenters. The van der Waals surface area contributed by atoms with Gasteiger partial charge in [-0.15, -0.1) is 0 Å². The zero-order valence-corrected chi connectivity index (χ0v) is 11.5. The summed E-state index contributed by atoms with van der Waals surface area (Å²) in [5.41, 5.74) is 0.979. The topological polar surface area (TPSA) is 46.6 Å². The van der Waals surface area contributed by atoms with Crippen LogP contribution in [0.3, 0.4) is 0 Å². The molecule has 1 heterocycles. The van der Waals surface area contributed by atoms with E-state index in [0.29, 0.717) is 31.2 Å². The van der Waals surface area contributed by atoms with Crippen LogP contribution >= 0.6 is 0 Å². The van der Waals surface area contributed by atoms with E-state index in [4.69, 9.17) is 4.74 Å². The first-order valence-electron chi connectivity index (χ1n) is 7.22. The molecule has 0 spiro atoms. The molecule has 20 heavy (non-hydrogen) atoms. The van der Waals surface area contributed by atoms with Crippen molar-refractivity contribution in [1.29, 1.82) is 0 Å². The lowest BCUT2D eigenvalue weighted by atomic mass is 9.88. The lowest BCUT2D eigenvalue weighted by molar-refractivity contribution is -0.122. The number of piperidine rings is 1. The summed E-state index contributed by atoms with van der Waals surface area (Å²) in [6, 6.07) is 9.64. The van der Waals surface area contributed by atoms with Crippen molar-refractivity contribution in [1.82, 2.24) is 4.90 Å². The number of ether oxygens (including phenoxy) is 1. The van der Waals surface area contributed by atoms with E-state index in [1.165, 1.54) is 0 Å². The van der Waals surface area contributed by atoms with Crippen LogP contribution in [0.1, 0.15) is 24.8 Å². The summed E-state index contributed by atoms with van der Waals surface area (Å²) in [6.45, 7) is 1.54. The minimum Gasteiger partial charge on any atom is -0.445 e. The highest BCUT2D eigenvalue weighted by molar-refractivity contribution is 5.84. The summed E-state index contributed by atoms with van der Waals surface area (Å²) in [5.74, 6) is 0.851. The summed E-state index contributed by atoms with van der Waals surface area (Å²) < 4.78 is 5.33. The molecule has 1 saturated heterocycles. The van der Waals surface area contributed by atoms with Crippen molar-refractivity contribution in [3.05, 3.63) is 35.9 Å². The summed E-state index contributed by atoms with van der Waals surface area (Å²) in [5, 5.41) is 0. The third-order valence-electron chi connectivity index (χ3n) is 4.39. The Morgan fingerprint density at radius 2 is 2.05 bits per heavy atom. The Labute approximate surface area is 118 Å². The number of carbonyl (C=O) groups excluding carboxylic acids is 2. The molecule has 0 bridgehead atoms. The molecular formula is C16H19NO3. The minimum atomic E-state index is -0.299. The van der Waals surface area contributed by atoms with Crippen molar-refractivity contribution in [3.63, 3.8) is 0 Å². The average Bonchev–Trinajstić information content (AvgIpc) is 2.87. The van der Waals surface area contributed by atoms with Gasteiger partial charge in [-0.3, -0.25) is 4.79 Å². The molecule has 2 aliphatic rings. The van der Waals surface area contributed by atoms with E-state index in [1.807, 2.05) is 30.3 Å². The largest absolute Gasteiger partial charge is 0.445 e. The Balaban J connectivity index is 1.54. The van der Waals surface area contributed by atoms with Gasteiger partial charge in [0.1, 0.15) is 12.4 Å². The van der Waals surface area contributed by atoms with Gasteiger partial charge in [-0.2, -0.15) is 0 Å². The van der Waals surface area contributed by atoms with E-state index in [9.17, 15) is 9.59 Å². The van der Waals surface area contributed by atoms with E-state index in [-0.39, 0.29) is 18.6 Å². The molecule has 4 nitrogen and oxygen atoms in total. The van der Waals surface area contributed by atoms with E-state index in [1.54, 1.807) is 4.90 Å². The second-order valence-electron chi connectivity index (χ2n) is 5.65. The number of amides is 1. The second-order valence-corrected chi connectivity index (χ2v) is 5.65. The molecule has 106 valence electrons. The van der Waals surface area contributed by atoms with Crippen molar-refractivity contribution >= 4 is 11.9 Å². The fraction of sp³-hybridized carbons (Fsp3) is 0.500. The SMILES string of the molecule is O=C1CC[C@@H]2CCN(C(=O)OCc3ccccc3)C[C@@H]12. The normalized spacial score (nSPS) is 25.4. The highest BCUT2D eigenvalue weighted by Gasteiger charge is 2.40. The lowest BCUT2D eigenvalue weighted by Gasteiger charge is -2.33. The van der Waals surface area contributed by atoms with Gasteiger partial charge in [-0.1, -0.05) is 30.3 Å². The third-order valence-corrected chi connectivity index (χ3v) is 4.39. The second kappa shape index (κ2) is 5.65. The van der Waals surface area contributed by atoms with Crippen LogP contribution in [-0.4, -0.2) is 29.9 Å². The molecule has 1 saturated carbocycles. The molecule has 0 radical (unpaired) electrons. The summed E-state index contributed by atoms with van der Waals surface area (Å²) in [6.07, 6.45) is 2.31. The van der Waals surface area contributed by atoms with Crippen LogP contribution in [0.25, 0.3) is 0 Å². The van der Waals surface area contributed by atoms with Crippen molar-refractivity contribution < 1.29 is 14.3 Å². The smallest absolute Gasteiger partial charge is 0.410 e. The van der Waals surface area contributed by atoms with Gasteiger partial charge in [-0.25, -0.2) is 4.79 Å². The molecule has 4 heteroatoms. The van der Waals surface area contributed by atoms with Gasteiger partial charge in [0.25, 0.3) is 0 Å². The molecule has 0 N–H and O–H groups in total. The molecule has 1 aromatic carbocycles. The number of Topliss-reactive ketones (excluding diaryl/α,β-unsaturated/α-hetero) is 1. The van der Waals surface area contributed by atoms with Crippen molar-refractivity contribution in [2.45, 2.75) is 25.9 Å². The number of hydrogen-bond acceptors (Lipinski definition) is 3. The first kappa shape index (κ1) is 13.2. The fourth-order valence-electron chi connectivity index (χ4n) is 3.20. The van der Waals surface area contributed by atoms with E-state index in [2.05, 4.69) is 0 Å². The predicted molar refractivity (Wildman–Crippen MR) is 74.0 cm³/mol. The van der Waals surface area contributed by atoms with Gasteiger partial charge in [0.2, 0.25) is 0 Å². The van der Waals surface area contributed by atoms with Crippen LogP contribution in [0.15, 0.2) is 30.3 Å². The molecule has 1 amide bonds. The molecule has 0 aromatic heterocycles. The van der Waals surface area contributed by atoms with Crippen LogP contribution < -0.4 is 0 Å². The molecule has 3 rings (SSSR count). The molecule has 1 aromatic rings. The quantitative estimate of drug-likeness (QED) is 0.832. The van der Waals surface area contributed by atoms with E-state index >= 15 is 0 Å². The summed E-state index contributed by atoms with van der Waals surface area (Å²) in [7, 11) is 0. The van der Waals surface area contributed by atoms with Gasteiger partial charge in [-0.05, 0) is 24.3 Å². The number of rotatable bonds is 2. The van der Waals surface area contributed by atoms with Crippen LogP contribution in [0.4, 0.5) is 4.79 Å². The zero-order chi connectivity index (χ0) is 13.9. The standard InChI is InChI=1S/C16H19NO3/c18-15-7-6-13-8-9-17(10-14(13)15)16(19)20-11-12-4-2-1-3-5-12/h1-5,13-14H,6-11H2/t13-,14-/m1/s1. The number of nitrogens with zero attached hydrogens (tertiary/aromatic N) is 1. The number of hydrogen-bond donors (Lipinski definition) is 0. The number of fused-ring (bicyclic) bond motifs is 1. The van der Waals surface area contributed by atoms with Gasteiger partial charge < -0.3 is 9.64 Å². The first-order valence-corrected chi connectivity index (χ1v) is 7.22. The molecular weight excluding hydrogens is 254 g/mol. The van der Waals surface area contributed by atoms with Crippen molar-refractivity contribution in [2.75, 3.05) is 13.1 Å². The molecule has 2 atom stereocenters. The maximum absolute atomic E-state index is 12.1. The van der Waals surface area contributed by atoms with Crippen LogP contribution in [0, 0.1) is 11.8 Å². The number of ketones is 1. The highest BCUT2D eigenvalue weighted by Crippen LogP contribution is 2.35.